The maximum atomic E-state index is 12.5. The van der Waals surface area contributed by atoms with Crippen LogP contribution in [0.3, 0.4) is 0 Å². The van der Waals surface area contributed by atoms with Gasteiger partial charge < -0.3 is 15.4 Å². The van der Waals surface area contributed by atoms with Crippen molar-refractivity contribution in [2.24, 2.45) is 0 Å². The average Bonchev–Trinajstić information content (AvgIpc) is 3.22. The monoisotopic (exact) mass is 503 g/mol. The van der Waals surface area contributed by atoms with Crippen LogP contribution in [-0.4, -0.2) is 29.2 Å². The summed E-state index contributed by atoms with van der Waals surface area (Å²) in [7, 11) is 0. The number of nitrogens with one attached hydrogen (secondary N) is 2. The minimum Gasteiger partial charge on any atom is -0.484 e. The molecule has 0 aliphatic carbocycles. The first kappa shape index (κ1) is 24.5. The van der Waals surface area contributed by atoms with Gasteiger partial charge in [0.05, 0.1) is 11.4 Å². The topological polar surface area (TPSA) is 80.3 Å². The number of carbonyl (C=O) groups is 2. The third-order valence-electron chi connectivity index (χ3n) is 4.97. The second-order valence-corrected chi connectivity index (χ2v) is 10.1. The smallest absolute Gasteiger partial charge is 0.262 e. The van der Waals surface area contributed by atoms with Crippen LogP contribution in [0.15, 0.2) is 83.8 Å². The third kappa shape index (κ3) is 7.18. The van der Waals surface area contributed by atoms with Gasteiger partial charge in [0.25, 0.3) is 5.91 Å². The molecule has 1 heterocycles. The summed E-state index contributed by atoms with van der Waals surface area (Å²) in [6.45, 7) is 3.97. The lowest BCUT2D eigenvalue weighted by Gasteiger charge is -2.09. The van der Waals surface area contributed by atoms with E-state index < -0.39 is 0 Å². The number of aromatic nitrogens is 1. The lowest BCUT2D eigenvalue weighted by Crippen LogP contribution is -2.20. The quantitative estimate of drug-likeness (QED) is 0.267. The number of para-hydroxylation sites is 1. The van der Waals surface area contributed by atoms with Crippen molar-refractivity contribution in [1.29, 1.82) is 0 Å². The zero-order chi connectivity index (χ0) is 24.6. The fraction of sp³-hybridized carbons (Fsp3) is 0.148. The van der Waals surface area contributed by atoms with Crippen LogP contribution in [0.5, 0.6) is 5.75 Å². The Morgan fingerprint density at radius 1 is 0.914 bits per heavy atom. The van der Waals surface area contributed by atoms with E-state index in [0.29, 0.717) is 16.6 Å². The Kier molecular flexibility index (Phi) is 8.18. The molecule has 0 bridgehead atoms. The van der Waals surface area contributed by atoms with E-state index in [9.17, 15) is 9.59 Å². The number of benzene rings is 3. The molecule has 3 aromatic carbocycles. The Morgan fingerprint density at radius 3 is 2.46 bits per heavy atom. The van der Waals surface area contributed by atoms with Crippen LogP contribution in [-0.2, 0) is 9.59 Å². The van der Waals surface area contributed by atoms with Crippen molar-refractivity contribution in [2.45, 2.75) is 18.7 Å². The number of thioether (sulfide) groups is 1. The Morgan fingerprint density at radius 2 is 1.69 bits per heavy atom. The molecule has 4 rings (SSSR count). The van der Waals surface area contributed by atoms with Crippen molar-refractivity contribution in [3.05, 3.63) is 89.3 Å². The number of anilines is 2. The molecule has 4 aromatic rings. The standard InChI is InChI=1S/C27H25N3O3S2/c1-18-11-13-20(14-12-18)26-19(2)35-27(30-26)29-25(32)17-34-23-10-6-7-21(15-23)28-24(31)16-33-22-8-4-3-5-9-22/h3-15H,16-17H2,1-2H3,(H,28,31)(H,29,30,32). The van der Waals surface area contributed by atoms with Crippen molar-refractivity contribution in [3.8, 4) is 17.0 Å². The van der Waals surface area contributed by atoms with Gasteiger partial charge in [-0.2, -0.15) is 0 Å². The van der Waals surface area contributed by atoms with E-state index in [-0.39, 0.29) is 24.2 Å². The summed E-state index contributed by atoms with van der Waals surface area (Å²) in [6.07, 6.45) is 0. The summed E-state index contributed by atoms with van der Waals surface area (Å²) >= 11 is 2.85. The Labute approximate surface area is 212 Å². The number of hydrogen-bond donors (Lipinski definition) is 2. The third-order valence-corrected chi connectivity index (χ3v) is 6.85. The van der Waals surface area contributed by atoms with Crippen LogP contribution < -0.4 is 15.4 Å². The normalized spacial score (nSPS) is 10.6. The molecule has 8 heteroatoms. The van der Waals surface area contributed by atoms with Crippen LogP contribution in [0.25, 0.3) is 11.3 Å². The van der Waals surface area contributed by atoms with Gasteiger partial charge in [0.2, 0.25) is 5.91 Å². The van der Waals surface area contributed by atoms with Gasteiger partial charge in [0.1, 0.15) is 5.75 Å². The minimum absolute atomic E-state index is 0.0817. The van der Waals surface area contributed by atoms with E-state index >= 15 is 0 Å². The molecule has 0 radical (unpaired) electrons. The summed E-state index contributed by atoms with van der Waals surface area (Å²) in [5, 5.41) is 6.30. The summed E-state index contributed by atoms with van der Waals surface area (Å²) in [6, 6.07) is 24.7. The van der Waals surface area contributed by atoms with Gasteiger partial charge >= 0.3 is 0 Å². The van der Waals surface area contributed by atoms with E-state index in [0.717, 1.165) is 21.0 Å². The number of nitrogens with zero attached hydrogens (tertiary/aromatic N) is 1. The molecule has 0 aliphatic heterocycles. The van der Waals surface area contributed by atoms with Gasteiger partial charge in [-0.25, -0.2) is 4.98 Å². The molecule has 0 unspecified atom stereocenters. The molecule has 1 aromatic heterocycles. The molecule has 2 N–H and O–H groups in total. The fourth-order valence-corrected chi connectivity index (χ4v) is 4.87. The van der Waals surface area contributed by atoms with Crippen molar-refractivity contribution in [1.82, 2.24) is 4.98 Å². The van der Waals surface area contributed by atoms with Crippen molar-refractivity contribution < 1.29 is 14.3 Å². The number of carbonyl (C=O) groups excluding carboxylic acids is 2. The van der Waals surface area contributed by atoms with Crippen LogP contribution in [0.1, 0.15) is 10.4 Å². The molecule has 178 valence electrons. The maximum absolute atomic E-state index is 12.5. The number of aryl methyl sites for hydroxylation is 2. The van der Waals surface area contributed by atoms with Crippen LogP contribution in [0.2, 0.25) is 0 Å². The lowest BCUT2D eigenvalue weighted by molar-refractivity contribution is -0.118. The Balaban J connectivity index is 1.28. The molecule has 35 heavy (non-hydrogen) atoms. The average molecular weight is 504 g/mol. The van der Waals surface area contributed by atoms with E-state index in [1.807, 2.05) is 62.4 Å². The van der Waals surface area contributed by atoms with Crippen LogP contribution in [0, 0.1) is 13.8 Å². The highest BCUT2D eigenvalue weighted by Gasteiger charge is 2.13. The molecule has 0 aliphatic rings. The van der Waals surface area contributed by atoms with Crippen molar-refractivity contribution >= 4 is 45.7 Å². The summed E-state index contributed by atoms with van der Waals surface area (Å²) < 4.78 is 5.47. The molecular weight excluding hydrogens is 478 g/mol. The van der Waals surface area contributed by atoms with Gasteiger partial charge in [-0.15, -0.1) is 23.1 Å². The van der Waals surface area contributed by atoms with Crippen molar-refractivity contribution in [3.63, 3.8) is 0 Å². The van der Waals surface area contributed by atoms with Gasteiger partial charge in [0, 0.05) is 21.0 Å². The summed E-state index contributed by atoms with van der Waals surface area (Å²) in [5.41, 5.74) is 3.76. The van der Waals surface area contributed by atoms with E-state index in [1.165, 1.54) is 28.7 Å². The predicted octanol–water partition coefficient (Wildman–Crippen LogP) is 6.18. The fourth-order valence-electron chi connectivity index (χ4n) is 3.26. The SMILES string of the molecule is Cc1ccc(-c2nc(NC(=O)CSc3cccc(NC(=O)COc4ccccc4)c3)sc2C)cc1. The van der Waals surface area contributed by atoms with Gasteiger partial charge in [-0.05, 0) is 44.2 Å². The predicted molar refractivity (Wildman–Crippen MR) is 143 cm³/mol. The molecule has 6 nitrogen and oxygen atoms in total. The molecule has 0 spiro atoms. The Hall–Kier alpha value is -3.62. The van der Waals surface area contributed by atoms with Gasteiger partial charge in [-0.1, -0.05) is 54.1 Å². The summed E-state index contributed by atoms with van der Waals surface area (Å²) in [4.78, 5) is 31.3. The Bertz CT molecular complexity index is 1310. The van der Waals surface area contributed by atoms with E-state index in [1.54, 1.807) is 18.2 Å². The largest absolute Gasteiger partial charge is 0.484 e. The van der Waals surface area contributed by atoms with E-state index in [2.05, 4.69) is 27.8 Å². The highest BCUT2D eigenvalue weighted by molar-refractivity contribution is 8.00. The van der Waals surface area contributed by atoms with Gasteiger partial charge in [0.15, 0.2) is 11.7 Å². The van der Waals surface area contributed by atoms with Gasteiger partial charge in [-0.3, -0.25) is 9.59 Å². The molecule has 2 amide bonds. The first-order chi connectivity index (χ1) is 17.0. The van der Waals surface area contributed by atoms with Crippen LogP contribution in [0.4, 0.5) is 10.8 Å². The number of amides is 2. The first-order valence-corrected chi connectivity index (χ1v) is 12.8. The molecular formula is C27H25N3O3S2. The highest BCUT2D eigenvalue weighted by atomic mass is 32.2. The molecule has 0 saturated carbocycles. The van der Waals surface area contributed by atoms with Crippen LogP contribution >= 0.6 is 23.1 Å². The maximum Gasteiger partial charge on any atom is 0.262 e. The minimum atomic E-state index is -0.253. The van der Waals surface area contributed by atoms with Crippen molar-refractivity contribution in [2.75, 3.05) is 23.0 Å². The zero-order valence-electron chi connectivity index (χ0n) is 19.4. The second-order valence-electron chi connectivity index (χ2n) is 7.80. The number of hydrogen-bond acceptors (Lipinski definition) is 6. The number of rotatable bonds is 9. The molecule has 0 fully saturated rings. The lowest BCUT2D eigenvalue weighted by atomic mass is 10.1. The number of thiazole rings is 1. The zero-order valence-corrected chi connectivity index (χ0v) is 21.0. The highest BCUT2D eigenvalue weighted by Crippen LogP contribution is 2.31. The molecule has 0 atom stereocenters. The number of ether oxygens (including phenoxy) is 1. The second kappa shape index (κ2) is 11.7. The van der Waals surface area contributed by atoms with E-state index in [4.69, 9.17) is 4.74 Å². The molecule has 0 saturated heterocycles. The summed E-state index contributed by atoms with van der Waals surface area (Å²) in [5.74, 6) is 0.481. The first-order valence-electron chi connectivity index (χ1n) is 11.0.